The van der Waals surface area contributed by atoms with E-state index in [1.165, 1.54) is 37.7 Å². The fraction of sp³-hybridized carbons (Fsp3) is 0.538. The van der Waals surface area contributed by atoms with E-state index in [0.29, 0.717) is 18.1 Å². The largest absolute Gasteiger partial charge is 0.377 e. The Hall–Kier alpha value is -1.73. The van der Waals surface area contributed by atoms with Crippen LogP contribution in [-0.2, 0) is 30.7 Å². The van der Waals surface area contributed by atoms with Crippen LogP contribution in [-0.4, -0.2) is 39.8 Å². The summed E-state index contributed by atoms with van der Waals surface area (Å²) in [6.07, 6.45) is 8.60. The monoisotopic (exact) mass is 460 g/mol. The van der Waals surface area contributed by atoms with Gasteiger partial charge in [0.2, 0.25) is 0 Å². The molecule has 32 heavy (non-hydrogen) atoms. The summed E-state index contributed by atoms with van der Waals surface area (Å²) in [4.78, 5) is 0.318. The Kier molecular flexibility index (Phi) is 10.7. The van der Waals surface area contributed by atoms with Gasteiger partial charge < -0.3 is 14.2 Å². The van der Waals surface area contributed by atoms with E-state index < -0.39 is 16.1 Å². The lowest BCUT2D eigenvalue weighted by Crippen LogP contribution is -2.22. The number of benzene rings is 2. The minimum atomic E-state index is -3.38. The molecule has 0 aromatic heterocycles. The van der Waals surface area contributed by atoms with Crippen LogP contribution in [0.2, 0.25) is 0 Å². The Morgan fingerprint density at radius 1 is 0.812 bits per heavy atom. The van der Waals surface area contributed by atoms with Crippen molar-refractivity contribution in [1.29, 1.82) is 0 Å². The molecule has 1 aliphatic heterocycles. The first-order valence-corrected chi connectivity index (χ1v) is 13.5. The molecule has 6 heteroatoms. The molecule has 1 heterocycles. The molecule has 176 valence electrons. The molecule has 0 spiro atoms. The van der Waals surface area contributed by atoms with Gasteiger partial charge in [0.05, 0.1) is 24.2 Å². The van der Waals surface area contributed by atoms with Crippen molar-refractivity contribution < 1.29 is 22.6 Å². The Morgan fingerprint density at radius 2 is 1.44 bits per heavy atom. The molecule has 1 saturated heterocycles. The fourth-order valence-electron chi connectivity index (χ4n) is 3.87. The van der Waals surface area contributed by atoms with Gasteiger partial charge in [0, 0.05) is 6.61 Å². The molecule has 1 fully saturated rings. The highest BCUT2D eigenvalue weighted by atomic mass is 32.2. The van der Waals surface area contributed by atoms with Gasteiger partial charge in [0.1, 0.15) is 5.75 Å². The van der Waals surface area contributed by atoms with Gasteiger partial charge in [-0.3, -0.25) is 0 Å². The second-order valence-electron chi connectivity index (χ2n) is 8.42. The van der Waals surface area contributed by atoms with Gasteiger partial charge in [0.25, 0.3) is 0 Å². The molecular weight excluding hydrogens is 424 g/mol. The summed E-state index contributed by atoms with van der Waals surface area (Å²) in [5, 5.41) is 0. The smallest absolute Gasteiger partial charge is 0.183 e. The van der Waals surface area contributed by atoms with Gasteiger partial charge in [-0.1, -0.05) is 87.1 Å². The molecular formula is C26H36O5S. The zero-order chi connectivity index (χ0) is 22.5. The SMILES string of the molecule is O=S(=O)(CC1OCC(CCCCCCCCCOCc2ccccc2)O1)c1ccccc1. The highest BCUT2D eigenvalue weighted by molar-refractivity contribution is 7.91. The minimum absolute atomic E-state index is 0.00716. The minimum Gasteiger partial charge on any atom is -0.377 e. The number of hydrogen-bond acceptors (Lipinski definition) is 5. The first-order valence-electron chi connectivity index (χ1n) is 11.8. The topological polar surface area (TPSA) is 61.8 Å². The molecule has 5 nitrogen and oxygen atoms in total. The number of sulfone groups is 1. The van der Waals surface area contributed by atoms with E-state index >= 15 is 0 Å². The Bertz CT molecular complexity index is 854. The third-order valence-corrected chi connectivity index (χ3v) is 7.40. The zero-order valence-corrected chi connectivity index (χ0v) is 19.7. The molecule has 3 rings (SSSR count). The van der Waals surface area contributed by atoms with Gasteiger partial charge in [0.15, 0.2) is 16.1 Å². The van der Waals surface area contributed by atoms with Crippen molar-refractivity contribution in [1.82, 2.24) is 0 Å². The average molecular weight is 461 g/mol. The van der Waals surface area contributed by atoms with Crippen LogP contribution in [0.3, 0.4) is 0 Å². The second kappa shape index (κ2) is 13.7. The molecule has 2 aromatic carbocycles. The summed E-state index contributed by atoms with van der Waals surface area (Å²) in [5.74, 6) is -0.122. The third-order valence-electron chi connectivity index (χ3n) is 5.70. The van der Waals surface area contributed by atoms with Gasteiger partial charge in [-0.2, -0.15) is 0 Å². The second-order valence-corrected chi connectivity index (χ2v) is 10.5. The molecule has 2 unspecified atom stereocenters. The molecule has 0 amide bonds. The van der Waals surface area contributed by atoms with Crippen LogP contribution in [0.25, 0.3) is 0 Å². The molecule has 0 saturated carbocycles. The van der Waals surface area contributed by atoms with Crippen molar-refractivity contribution in [2.45, 2.75) is 75.3 Å². The highest BCUT2D eigenvalue weighted by Gasteiger charge is 2.30. The summed E-state index contributed by atoms with van der Waals surface area (Å²) in [6.45, 7) is 2.01. The summed E-state index contributed by atoms with van der Waals surface area (Å²) < 4.78 is 42.0. The van der Waals surface area contributed by atoms with E-state index in [1.54, 1.807) is 30.3 Å². The van der Waals surface area contributed by atoms with Crippen LogP contribution in [0.4, 0.5) is 0 Å². The van der Waals surface area contributed by atoms with Gasteiger partial charge in [-0.25, -0.2) is 8.42 Å². The van der Waals surface area contributed by atoms with Crippen LogP contribution < -0.4 is 0 Å². The van der Waals surface area contributed by atoms with Crippen molar-refractivity contribution in [3.05, 3.63) is 66.2 Å². The van der Waals surface area contributed by atoms with Crippen molar-refractivity contribution in [3.8, 4) is 0 Å². The van der Waals surface area contributed by atoms with Gasteiger partial charge in [-0.05, 0) is 30.5 Å². The maximum absolute atomic E-state index is 12.4. The van der Waals surface area contributed by atoms with E-state index in [-0.39, 0.29) is 11.9 Å². The molecule has 0 bridgehead atoms. The maximum atomic E-state index is 12.4. The number of rotatable bonds is 15. The Labute approximate surface area is 193 Å². The predicted molar refractivity (Wildman–Crippen MR) is 126 cm³/mol. The summed E-state index contributed by atoms with van der Waals surface area (Å²) in [5.41, 5.74) is 1.23. The van der Waals surface area contributed by atoms with E-state index in [1.807, 2.05) is 18.2 Å². The lowest BCUT2D eigenvalue weighted by Gasteiger charge is -2.12. The summed E-state index contributed by atoms with van der Waals surface area (Å²) in [7, 11) is -3.38. The molecule has 0 aliphatic carbocycles. The Morgan fingerprint density at radius 3 is 2.16 bits per heavy atom. The fourth-order valence-corrected chi connectivity index (χ4v) is 5.17. The van der Waals surface area contributed by atoms with Gasteiger partial charge >= 0.3 is 0 Å². The van der Waals surface area contributed by atoms with E-state index in [0.717, 1.165) is 25.9 Å². The molecule has 2 atom stereocenters. The van der Waals surface area contributed by atoms with Crippen LogP contribution in [0, 0.1) is 0 Å². The van der Waals surface area contributed by atoms with E-state index in [4.69, 9.17) is 14.2 Å². The van der Waals surface area contributed by atoms with Crippen molar-refractivity contribution in [3.63, 3.8) is 0 Å². The predicted octanol–water partition coefficient (Wildman–Crippen LogP) is 5.54. The van der Waals surface area contributed by atoms with Crippen molar-refractivity contribution in [2.24, 2.45) is 0 Å². The number of hydrogen-bond donors (Lipinski definition) is 0. The summed E-state index contributed by atoms with van der Waals surface area (Å²) >= 11 is 0. The van der Waals surface area contributed by atoms with Crippen LogP contribution in [0.5, 0.6) is 0 Å². The standard InChI is InChI=1S/C26H36O5S/c27-32(28,25-17-11-7-12-18-25)22-26-30-21-24(31-26)16-10-4-2-1-3-5-13-19-29-20-23-14-8-6-9-15-23/h6-9,11-12,14-15,17-18,24,26H,1-5,10,13,16,19-22H2. The molecule has 0 N–H and O–H groups in total. The first-order chi connectivity index (χ1) is 15.6. The lowest BCUT2D eigenvalue weighted by atomic mass is 10.1. The van der Waals surface area contributed by atoms with E-state index in [9.17, 15) is 8.42 Å². The van der Waals surface area contributed by atoms with Crippen LogP contribution in [0.15, 0.2) is 65.6 Å². The summed E-state index contributed by atoms with van der Waals surface area (Å²) in [6, 6.07) is 18.8. The normalized spacial score (nSPS) is 18.8. The first kappa shape index (κ1) is 24.9. The Balaban J connectivity index is 1.15. The van der Waals surface area contributed by atoms with Gasteiger partial charge in [-0.15, -0.1) is 0 Å². The lowest BCUT2D eigenvalue weighted by molar-refractivity contribution is -0.0408. The number of unbranched alkanes of at least 4 members (excludes halogenated alkanes) is 6. The zero-order valence-electron chi connectivity index (χ0n) is 18.9. The van der Waals surface area contributed by atoms with Crippen LogP contribution >= 0.6 is 0 Å². The molecule has 1 aliphatic rings. The van der Waals surface area contributed by atoms with Crippen molar-refractivity contribution in [2.75, 3.05) is 19.0 Å². The third kappa shape index (κ3) is 9.02. The highest BCUT2D eigenvalue weighted by Crippen LogP contribution is 2.21. The van der Waals surface area contributed by atoms with E-state index in [2.05, 4.69) is 12.1 Å². The molecule has 0 radical (unpaired) electrons. The number of ether oxygens (including phenoxy) is 3. The maximum Gasteiger partial charge on any atom is 0.183 e. The molecule has 2 aromatic rings. The van der Waals surface area contributed by atoms with Crippen molar-refractivity contribution >= 4 is 9.84 Å². The average Bonchev–Trinajstić information content (AvgIpc) is 3.25. The van der Waals surface area contributed by atoms with Crippen LogP contribution in [0.1, 0.15) is 56.9 Å². The quantitative estimate of drug-likeness (QED) is 0.327.